The number of aromatic nitrogens is 3. The van der Waals surface area contributed by atoms with Crippen LogP contribution in [0, 0.1) is 11.3 Å². The van der Waals surface area contributed by atoms with Crippen LogP contribution in [-0.4, -0.2) is 47.6 Å². The Hall–Kier alpha value is -4.31. The van der Waals surface area contributed by atoms with Gasteiger partial charge in [0.15, 0.2) is 0 Å². The minimum absolute atomic E-state index is 0.0503. The lowest BCUT2D eigenvalue weighted by Crippen LogP contribution is -2.37. The van der Waals surface area contributed by atoms with E-state index in [2.05, 4.69) is 41.3 Å². The molecule has 13 heteroatoms. The van der Waals surface area contributed by atoms with Gasteiger partial charge in [0.25, 0.3) is 5.95 Å². The maximum atomic E-state index is 12.4. The van der Waals surface area contributed by atoms with Gasteiger partial charge in [-0.25, -0.2) is 0 Å². The summed E-state index contributed by atoms with van der Waals surface area (Å²) in [5, 5.41) is 20.5. The van der Waals surface area contributed by atoms with Crippen LogP contribution in [0.3, 0.4) is 0 Å². The van der Waals surface area contributed by atoms with E-state index in [4.69, 9.17) is 10.00 Å². The van der Waals surface area contributed by atoms with Crippen molar-refractivity contribution in [2.45, 2.75) is 19.3 Å². The fourth-order valence-corrected chi connectivity index (χ4v) is 3.30. The van der Waals surface area contributed by atoms with Crippen molar-refractivity contribution >= 4 is 23.5 Å². The minimum atomic E-state index is -4.77. The highest BCUT2D eigenvalue weighted by molar-refractivity contribution is 5.56. The Labute approximate surface area is 204 Å². The van der Waals surface area contributed by atoms with Gasteiger partial charge in [0.1, 0.15) is 5.75 Å². The molecule has 3 aromatic rings. The molecule has 0 aliphatic carbocycles. The standard InChI is InChI=1S/C23H21F3N8O2/c1-15(17-4-2-3-16(13-17)14-27)32-33-21-29-20(30-22(31-21)34-9-11-35-12-10-34)28-18-5-7-19(8-6-18)36-23(24,25)26/h2-8,13,15H,9-12H2,1H3,(H,28,29,30,31). The quantitative estimate of drug-likeness (QED) is 0.449. The lowest BCUT2D eigenvalue weighted by molar-refractivity contribution is -0.274. The summed E-state index contributed by atoms with van der Waals surface area (Å²) in [7, 11) is 0. The predicted octanol–water partition coefficient (Wildman–Crippen LogP) is 5.07. The molecule has 1 saturated heterocycles. The van der Waals surface area contributed by atoms with E-state index in [1.54, 1.807) is 18.2 Å². The first-order valence-electron chi connectivity index (χ1n) is 10.9. The number of halogens is 3. The van der Waals surface area contributed by atoms with Crippen LogP contribution in [0.1, 0.15) is 24.1 Å². The number of rotatable bonds is 7. The van der Waals surface area contributed by atoms with Gasteiger partial charge in [-0.05, 0) is 48.9 Å². The largest absolute Gasteiger partial charge is 0.573 e. The molecule has 1 aromatic heterocycles. The van der Waals surface area contributed by atoms with Crippen LogP contribution in [-0.2, 0) is 4.74 Å². The van der Waals surface area contributed by atoms with Crippen LogP contribution >= 0.6 is 0 Å². The van der Waals surface area contributed by atoms with Crippen molar-refractivity contribution in [1.29, 1.82) is 5.26 Å². The van der Waals surface area contributed by atoms with Gasteiger partial charge in [0.2, 0.25) is 11.9 Å². The zero-order chi connectivity index (χ0) is 25.5. The van der Waals surface area contributed by atoms with Crippen molar-refractivity contribution in [3.63, 3.8) is 0 Å². The van der Waals surface area contributed by atoms with Crippen molar-refractivity contribution in [3.8, 4) is 11.8 Å². The van der Waals surface area contributed by atoms with E-state index in [0.29, 0.717) is 43.5 Å². The summed E-state index contributed by atoms with van der Waals surface area (Å²) in [4.78, 5) is 15.0. The van der Waals surface area contributed by atoms with Gasteiger partial charge < -0.3 is 19.7 Å². The first-order valence-corrected chi connectivity index (χ1v) is 10.9. The molecule has 2 heterocycles. The van der Waals surface area contributed by atoms with Gasteiger partial charge in [-0.1, -0.05) is 12.1 Å². The lowest BCUT2D eigenvalue weighted by atomic mass is 10.1. The summed E-state index contributed by atoms with van der Waals surface area (Å²) in [5.74, 6) is 0.209. The summed E-state index contributed by atoms with van der Waals surface area (Å²) >= 11 is 0. The lowest BCUT2D eigenvalue weighted by Gasteiger charge is -2.26. The maximum absolute atomic E-state index is 12.4. The van der Waals surface area contributed by atoms with Crippen LogP contribution in [0.2, 0.25) is 0 Å². The Balaban J connectivity index is 1.57. The molecule has 1 N–H and O–H groups in total. The molecule has 0 bridgehead atoms. The number of benzene rings is 2. The molecule has 0 saturated carbocycles. The van der Waals surface area contributed by atoms with E-state index in [0.717, 1.165) is 5.56 Å². The minimum Gasteiger partial charge on any atom is -0.406 e. The second-order valence-electron chi connectivity index (χ2n) is 7.68. The third-order valence-corrected chi connectivity index (χ3v) is 5.07. The molecule has 2 aromatic carbocycles. The Kier molecular flexibility index (Phi) is 7.55. The van der Waals surface area contributed by atoms with E-state index < -0.39 is 6.36 Å². The number of hydrogen-bond donors (Lipinski definition) is 1. The van der Waals surface area contributed by atoms with Crippen molar-refractivity contribution in [2.24, 2.45) is 10.2 Å². The smallest absolute Gasteiger partial charge is 0.406 e. The van der Waals surface area contributed by atoms with Crippen molar-refractivity contribution in [2.75, 3.05) is 36.5 Å². The van der Waals surface area contributed by atoms with Crippen LogP contribution in [0.4, 0.5) is 36.7 Å². The molecule has 186 valence electrons. The Morgan fingerprint density at radius 2 is 1.86 bits per heavy atom. The number of nitrogens with zero attached hydrogens (tertiary/aromatic N) is 7. The number of ether oxygens (including phenoxy) is 2. The van der Waals surface area contributed by atoms with E-state index in [-0.39, 0.29) is 23.7 Å². The van der Waals surface area contributed by atoms with Crippen LogP contribution in [0.15, 0.2) is 58.8 Å². The summed E-state index contributed by atoms with van der Waals surface area (Å²) in [6.07, 6.45) is -4.77. The molecule has 1 aliphatic rings. The van der Waals surface area contributed by atoms with Crippen LogP contribution in [0.25, 0.3) is 0 Å². The van der Waals surface area contributed by atoms with Gasteiger partial charge in [-0.3, -0.25) is 0 Å². The fourth-order valence-electron chi connectivity index (χ4n) is 3.30. The number of alkyl halides is 3. The molecule has 1 atom stereocenters. The van der Waals surface area contributed by atoms with E-state index in [1.807, 2.05) is 17.9 Å². The third-order valence-electron chi connectivity index (χ3n) is 5.07. The molecule has 0 radical (unpaired) electrons. The number of nitriles is 1. The summed E-state index contributed by atoms with van der Waals surface area (Å²) in [6, 6.07) is 13.9. The maximum Gasteiger partial charge on any atom is 0.573 e. The molecule has 1 unspecified atom stereocenters. The van der Waals surface area contributed by atoms with E-state index in [9.17, 15) is 13.2 Å². The third kappa shape index (κ3) is 6.86. The number of azo groups is 1. The number of anilines is 3. The van der Waals surface area contributed by atoms with Gasteiger partial charge in [-0.15, -0.1) is 18.3 Å². The average Bonchev–Trinajstić information content (AvgIpc) is 2.88. The molecule has 1 aliphatic heterocycles. The Morgan fingerprint density at radius 1 is 1.11 bits per heavy atom. The van der Waals surface area contributed by atoms with Crippen LogP contribution < -0.4 is 15.0 Å². The summed E-state index contributed by atoms with van der Waals surface area (Å²) < 4.78 is 46.5. The van der Waals surface area contributed by atoms with Crippen molar-refractivity contribution in [3.05, 3.63) is 59.7 Å². The van der Waals surface area contributed by atoms with Crippen molar-refractivity contribution < 1.29 is 22.6 Å². The average molecular weight is 498 g/mol. The molecule has 1 fully saturated rings. The molecular formula is C23H21F3N8O2. The van der Waals surface area contributed by atoms with E-state index >= 15 is 0 Å². The first-order chi connectivity index (χ1) is 17.3. The highest BCUT2D eigenvalue weighted by Crippen LogP contribution is 2.26. The SMILES string of the molecule is CC(N=Nc1nc(Nc2ccc(OC(F)(F)F)cc2)nc(N2CCOCC2)n1)c1cccc(C#N)c1. The van der Waals surface area contributed by atoms with E-state index in [1.165, 1.54) is 24.3 Å². The molecule has 0 amide bonds. The summed E-state index contributed by atoms with van der Waals surface area (Å²) in [6.45, 7) is 3.99. The predicted molar refractivity (Wildman–Crippen MR) is 123 cm³/mol. The zero-order valence-corrected chi connectivity index (χ0v) is 19.1. The van der Waals surface area contributed by atoms with Gasteiger partial charge in [0, 0.05) is 18.8 Å². The second-order valence-corrected chi connectivity index (χ2v) is 7.68. The highest BCUT2D eigenvalue weighted by atomic mass is 19.4. The van der Waals surface area contributed by atoms with Gasteiger partial charge in [-0.2, -0.15) is 25.3 Å². The number of hydrogen-bond acceptors (Lipinski definition) is 10. The monoisotopic (exact) mass is 498 g/mol. The van der Waals surface area contributed by atoms with Crippen LogP contribution in [0.5, 0.6) is 5.75 Å². The number of morpholine rings is 1. The fraction of sp³-hybridized carbons (Fsp3) is 0.304. The Bertz CT molecular complexity index is 1260. The molecule has 4 rings (SSSR count). The van der Waals surface area contributed by atoms with Gasteiger partial charge >= 0.3 is 6.36 Å². The normalized spacial score (nSPS) is 14.9. The zero-order valence-electron chi connectivity index (χ0n) is 19.1. The molecule has 36 heavy (non-hydrogen) atoms. The highest BCUT2D eigenvalue weighted by Gasteiger charge is 2.31. The second kappa shape index (κ2) is 11.0. The molecular weight excluding hydrogens is 477 g/mol. The molecule has 0 spiro atoms. The van der Waals surface area contributed by atoms with Gasteiger partial charge in [0.05, 0.1) is 30.9 Å². The number of nitrogens with one attached hydrogen (secondary N) is 1. The molecule has 10 nitrogen and oxygen atoms in total. The Morgan fingerprint density at radius 3 is 2.56 bits per heavy atom. The topological polar surface area (TPSA) is 121 Å². The van der Waals surface area contributed by atoms with Crippen molar-refractivity contribution in [1.82, 2.24) is 15.0 Å². The summed E-state index contributed by atoms with van der Waals surface area (Å²) in [5.41, 5.74) is 1.76. The first kappa shape index (κ1) is 24.8.